The molecule has 2 aliphatic rings. The lowest BCUT2D eigenvalue weighted by Gasteiger charge is -2.33. The highest BCUT2D eigenvalue weighted by atomic mass is 32.2. The average Bonchev–Trinajstić information content (AvgIpc) is 3.06. The second-order valence-corrected chi connectivity index (χ2v) is 9.97. The summed E-state index contributed by atoms with van der Waals surface area (Å²) < 4.78 is 53.5. The summed E-state index contributed by atoms with van der Waals surface area (Å²) >= 11 is 0. The number of nitrogens with one attached hydrogen (secondary N) is 2. The van der Waals surface area contributed by atoms with Crippen molar-refractivity contribution in [3.8, 4) is 0 Å². The number of ether oxygens (including phenoxy) is 2. The molecule has 1 aromatic carbocycles. The van der Waals surface area contributed by atoms with Crippen molar-refractivity contribution >= 4 is 16.3 Å². The van der Waals surface area contributed by atoms with Crippen LogP contribution in [0, 0.1) is 5.82 Å². The first kappa shape index (κ1) is 23.9. The number of amides is 1. The topological polar surface area (TPSA) is 97.0 Å². The molecule has 0 unspecified atom stereocenters. The van der Waals surface area contributed by atoms with Crippen LogP contribution in [0.5, 0.6) is 0 Å². The molecule has 1 aromatic rings. The summed E-state index contributed by atoms with van der Waals surface area (Å²) in [6.45, 7) is 2.08. The normalized spacial score (nSPS) is 29.2. The predicted octanol–water partition coefficient (Wildman–Crippen LogP) is 2.52. The first-order valence-corrected chi connectivity index (χ1v) is 12.2. The molecular formula is C21H32FN3O5S. The van der Waals surface area contributed by atoms with Gasteiger partial charge in [0.05, 0.1) is 25.9 Å². The van der Waals surface area contributed by atoms with E-state index < -0.39 is 28.4 Å². The minimum Gasteiger partial charge on any atom is -0.453 e. The summed E-state index contributed by atoms with van der Waals surface area (Å²) in [7, 11) is -1.02. The van der Waals surface area contributed by atoms with Crippen LogP contribution in [0.2, 0.25) is 0 Å². The van der Waals surface area contributed by atoms with Crippen molar-refractivity contribution in [3.63, 3.8) is 0 Å². The number of likely N-dealkylation sites (tertiary alicyclic amines) is 1. The summed E-state index contributed by atoms with van der Waals surface area (Å²) in [4.78, 5) is 13.9. The van der Waals surface area contributed by atoms with Crippen LogP contribution < -0.4 is 9.44 Å². The van der Waals surface area contributed by atoms with Gasteiger partial charge in [-0.15, -0.1) is 0 Å². The van der Waals surface area contributed by atoms with Gasteiger partial charge in [0.25, 0.3) is 10.2 Å². The predicted molar refractivity (Wildman–Crippen MR) is 114 cm³/mol. The van der Waals surface area contributed by atoms with E-state index in [0.717, 1.165) is 31.2 Å². The monoisotopic (exact) mass is 457 g/mol. The van der Waals surface area contributed by atoms with Crippen LogP contribution in [0.25, 0.3) is 0 Å². The van der Waals surface area contributed by atoms with Crippen LogP contribution in [0.15, 0.2) is 24.3 Å². The maximum Gasteiger partial charge on any atom is 0.410 e. The minimum absolute atomic E-state index is 0.0155. The van der Waals surface area contributed by atoms with Gasteiger partial charge >= 0.3 is 6.09 Å². The molecule has 0 aromatic heterocycles. The molecule has 3 atom stereocenters. The van der Waals surface area contributed by atoms with E-state index in [4.69, 9.17) is 9.47 Å². The standard InChI is InChI=1S/C21H32FN3O5S/c1-14-11-19(24-31(27,28)23-2)20(25(14)21(26)29-3)13-30-18-9-7-15(8-10-18)16-5-4-6-17(22)12-16/h4-6,12,14-15,18-20,23-24H,7-11,13H2,1-3H3/t14-,15?,18?,19+,20+/m0/s1. The fourth-order valence-electron chi connectivity index (χ4n) is 4.72. The molecule has 10 heteroatoms. The zero-order chi connectivity index (χ0) is 22.6. The van der Waals surface area contributed by atoms with E-state index in [9.17, 15) is 17.6 Å². The second kappa shape index (κ2) is 10.2. The van der Waals surface area contributed by atoms with Gasteiger partial charge in [0, 0.05) is 19.1 Å². The van der Waals surface area contributed by atoms with Crippen molar-refractivity contribution in [2.75, 3.05) is 20.8 Å². The molecule has 1 amide bonds. The molecule has 174 valence electrons. The van der Waals surface area contributed by atoms with E-state index in [-0.39, 0.29) is 24.6 Å². The van der Waals surface area contributed by atoms with E-state index in [0.29, 0.717) is 12.3 Å². The lowest BCUT2D eigenvalue weighted by Crippen LogP contribution is -2.52. The van der Waals surface area contributed by atoms with Crippen LogP contribution in [0.1, 0.15) is 50.5 Å². The molecule has 1 saturated heterocycles. The molecular weight excluding hydrogens is 425 g/mol. The van der Waals surface area contributed by atoms with Crippen LogP contribution in [-0.4, -0.2) is 64.4 Å². The molecule has 1 aliphatic heterocycles. The smallest absolute Gasteiger partial charge is 0.410 e. The molecule has 2 fully saturated rings. The van der Waals surface area contributed by atoms with Crippen molar-refractivity contribution in [2.45, 2.75) is 69.2 Å². The fourth-order valence-corrected chi connectivity index (χ4v) is 5.49. The van der Waals surface area contributed by atoms with Gasteiger partial charge in [-0.25, -0.2) is 13.9 Å². The Bertz CT molecular complexity index is 860. The number of hydrogen-bond donors (Lipinski definition) is 2. The number of methoxy groups -OCH3 is 1. The van der Waals surface area contributed by atoms with Gasteiger partial charge in [0.15, 0.2) is 0 Å². The van der Waals surface area contributed by atoms with Gasteiger partial charge in [-0.2, -0.15) is 13.1 Å². The number of rotatable bonds is 7. The minimum atomic E-state index is -3.66. The average molecular weight is 458 g/mol. The molecule has 1 saturated carbocycles. The molecule has 8 nitrogen and oxygen atoms in total. The number of hydrogen-bond acceptors (Lipinski definition) is 5. The Labute approximate surface area is 183 Å². The summed E-state index contributed by atoms with van der Waals surface area (Å²) in [5.74, 6) is 0.0907. The van der Waals surface area contributed by atoms with Crippen LogP contribution in [0.4, 0.5) is 9.18 Å². The summed E-state index contributed by atoms with van der Waals surface area (Å²) in [5.41, 5.74) is 1.02. The molecule has 0 radical (unpaired) electrons. The van der Waals surface area contributed by atoms with Gasteiger partial charge in [-0.3, -0.25) is 4.90 Å². The Kier molecular flexibility index (Phi) is 7.90. The van der Waals surface area contributed by atoms with Gasteiger partial charge < -0.3 is 9.47 Å². The molecule has 31 heavy (non-hydrogen) atoms. The summed E-state index contributed by atoms with van der Waals surface area (Å²) in [6.07, 6.45) is 3.43. The lowest BCUT2D eigenvalue weighted by atomic mass is 9.82. The third kappa shape index (κ3) is 5.94. The largest absolute Gasteiger partial charge is 0.453 e. The summed E-state index contributed by atoms with van der Waals surface area (Å²) in [5, 5.41) is 0. The van der Waals surface area contributed by atoms with Crippen molar-refractivity contribution < 1.29 is 27.1 Å². The number of carbonyl (C=O) groups excluding carboxylic acids is 1. The maximum atomic E-state index is 13.5. The van der Waals surface area contributed by atoms with Gasteiger partial charge in [0.1, 0.15) is 5.82 Å². The molecule has 3 rings (SSSR count). The zero-order valence-corrected chi connectivity index (χ0v) is 19.0. The van der Waals surface area contributed by atoms with Crippen molar-refractivity contribution in [2.24, 2.45) is 0 Å². The third-order valence-corrected chi connectivity index (χ3v) is 7.50. The second-order valence-electron chi connectivity index (χ2n) is 8.32. The number of nitrogens with zero attached hydrogens (tertiary/aromatic N) is 1. The number of benzene rings is 1. The first-order valence-electron chi connectivity index (χ1n) is 10.7. The van der Waals surface area contributed by atoms with E-state index in [1.165, 1.54) is 20.2 Å². The summed E-state index contributed by atoms with van der Waals surface area (Å²) in [6, 6.07) is 5.62. The highest BCUT2D eigenvalue weighted by Crippen LogP contribution is 2.35. The molecule has 0 spiro atoms. The Hall–Kier alpha value is -1.75. The van der Waals surface area contributed by atoms with E-state index >= 15 is 0 Å². The van der Waals surface area contributed by atoms with Gasteiger partial charge in [0.2, 0.25) is 0 Å². The van der Waals surface area contributed by atoms with E-state index in [1.54, 1.807) is 17.0 Å². The van der Waals surface area contributed by atoms with Crippen molar-refractivity contribution in [1.82, 2.24) is 14.3 Å². The SMILES string of the molecule is CNS(=O)(=O)N[C@@H]1C[C@H](C)N(C(=O)OC)[C@@H]1COC1CCC(c2cccc(F)c2)CC1. The maximum absolute atomic E-state index is 13.5. The van der Waals surface area contributed by atoms with Crippen molar-refractivity contribution in [3.05, 3.63) is 35.6 Å². The third-order valence-electron chi connectivity index (χ3n) is 6.35. The molecule has 1 heterocycles. The quantitative estimate of drug-likeness (QED) is 0.656. The van der Waals surface area contributed by atoms with Gasteiger partial charge in [-0.05, 0) is 62.6 Å². The van der Waals surface area contributed by atoms with Crippen LogP contribution >= 0.6 is 0 Å². The van der Waals surface area contributed by atoms with E-state index in [1.807, 2.05) is 13.0 Å². The Morgan fingerprint density at radius 2 is 1.97 bits per heavy atom. The van der Waals surface area contributed by atoms with E-state index in [2.05, 4.69) is 9.44 Å². The first-order chi connectivity index (χ1) is 14.7. The van der Waals surface area contributed by atoms with Crippen molar-refractivity contribution in [1.29, 1.82) is 0 Å². The zero-order valence-electron chi connectivity index (χ0n) is 18.2. The fraction of sp³-hybridized carbons (Fsp3) is 0.667. The van der Waals surface area contributed by atoms with Gasteiger partial charge in [-0.1, -0.05) is 12.1 Å². The number of carbonyl (C=O) groups is 1. The lowest BCUT2D eigenvalue weighted by molar-refractivity contribution is -0.00862. The van der Waals surface area contributed by atoms with Crippen LogP contribution in [-0.2, 0) is 19.7 Å². The highest BCUT2D eigenvalue weighted by molar-refractivity contribution is 7.87. The van der Waals surface area contributed by atoms with Crippen LogP contribution in [0.3, 0.4) is 0 Å². The molecule has 1 aliphatic carbocycles. The number of halogens is 1. The highest BCUT2D eigenvalue weighted by Gasteiger charge is 2.44. The molecule has 2 N–H and O–H groups in total. The Balaban J connectivity index is 1.61. The molecule has 0 bridgehead atoms. The Morgan fingerprint density at radius 3 is 2.58 bits per heavy atom. The Morgan fingerprint density at radius 1 is 1.26 bits per heavy atom.